The van der Waals surface area contributed by atoms with Crippen molar-refractivity contribution in [3.63, 3.8) is 0 Å². The number of aryl methyl sites for hydroxylation is 1. The van der Waals surface area contributed by atoms with E-state index >= 15 is 0 Å². The van der Waals surface area contributed by atoms with Crippen molar-refractivity contribution in [3.8, 4) is 29.1 Å². The van der Waals surface area contributed by atoms with Crippen LogP contribution in [0.3, 0.4) is 0 Å². The van der Waals surface area contributed by atoms with Crippen LogP contribution in [-0.4, -0.2) is 19.7 Å². The molecule has 0 saturated heterocycles. The molecule has 0 spiro atoms. The van der Waals surface area contributed by atoms with E-state index in [2.05, 4.69) is 13.0 Å². The van der Waals surface area contributed by atoms with Crippen LogP contribution in [0.25, 0.3) is 6.08 Å². The van der Waals surface area contributed by atoms with Gasteiger partial charge in [-0.25, -0.2) is 4.79 Å². The number of benzene rings is 3. The molecule has 1 atom stereocenters. The van der Waals surface area contributed by atoms with E-state index in [1.165, 1.54) is 25.3 Å². The first kappa shape index (κ1) is 29.3. The lowest BCUT2D eigenvalue weighted by Crippen LogP contribution is -2.21. The minimum absolute atomic E-state index is 0.000818. The van der Waals surface area contributed by atoms with E-state index in [1.807, 2.05) is 49.4 Å². The molecule has 7 heteroatoms. The molecule has 0 radical (unpaired) electrons. The Morgan fingerprint density at radius 2 is 1.80 bits per heavy atom. The third-order valence-electron chi connectivity index (χ3n) is 6.92. The van der Waals surface area contributed by atoms with Gasteiger partial charge >= 0.3 is 5.97 Å². The number of ether oxygens (including phenoxy) is 4. The zero-order valence-corrected chi connectivity index (χ0v) is 23.8. The second-order valence-corrected chi connectivity index (χ2v) is 9.96. The molecule has 0 aliphatic carbocycles. The van der Waals surface area contributed by atoms with Crippen LogP contribution in [0.4, 0.5) is 0 Å². The Hall–Kier alpha value is -4.70. The molecule has 212 valence electrons. The summed E-state index contributed by atoms with van der Waals surface area (Å²) in [7, 11) is 1.59. The lowest BCUT2D eigenvalue weighted by Gasteiger charge is -2.27. The Morgan fingerprint density at radius 1 is 1.02 bits per heavy atom. The van der Waals surface area contributed by atoms with Crippen LogP contribution < -0.4 is 24.7 Å². The third-order valence-corrected chi connectivity index (χ3v) is 6.92. The molecule has 0 aromatic heterocycles. The Bertz CT molecular complexity index is 1470. The van der Waals surface area contributed by atoms with Gasteiger partial charge in [-0.1, -0.05) is 74.6 Å². The Morgan fingerprint density at radius 3 is 2.54 bits per heavy atom. The molecule has 1 aliphatic rings. The summed E-state index contributed by atoms with van der Waals surface area (Å²) in [6.45, 7) is 4.81. The van der Waals surface area contributed by atoms with Crippen LogP contribution in [0.5, 0.6) is 23.0 Å². The molecule has 1 unspecified atom stereocenters. The summed E-state index contributed by atoms with van der Waals surface area (Å²) in [4.78, 5) is 12.5. The zero-order chi connectivity index (χ0) is 29.2. The molecule has 3 aromatic carbocycles. The molecule has 3 aromatic rings. The summed E-state index contributed by atoms with van der Waals surface area (Å²) in [5.74, 6) is 0.914. The molecule has 2 N–H and O–H groups in total. The maximum absolute atomic E-state index is 12.5. The van der Waals surface area contributed by atoms with Gasteiger partial charge in [0, 0.05) is 17.7 Å². The summed E-state index contributed by atoms with van der Waals surface area (Å²) in [6.07, 6.45) is 8.81. The van der Waals surface area contributed by atoms with Crippen molar-refractivity contribution in [2.24, 2.45) is 5.73 Å². The first-order valence-corrected chi connectivity index (χ1v) is 13.9. The number of nitrogens with two attached hydrogens (primary N) is 1. The summed E-state index contributed by atoms with van der Waals surface area (Å²) >= 11 is 0. The molecule has 0 fully saturated rings. The predicted octanol–water partition coefficient (Wildman–Crippen LogP) is 7.19. The van der Waals surface area contributed by atoms with Crippen LogP contribution in [0.1, 0.15) is 67.2 Å². The lowest BCUT2D eigenvalue weighted by molar-refractivity contribution is -0.128. The number of nitriles is 1. The van der Waals surface area contributed by atoms with Gasteiger partial charge in [0.05, 0.1) is 19.6 Å². The van der Waals surface area contributed by atoms with Crippen molar-refractivity contribution in [1.29, 1.82) is 5.26 Å². The lowest BCUT2D eigenvalue weighted by atomic mass is 9.83. The van der Waals surface area contributed by atoms with E-state index in [0.29, 0.717) is 29.6 Å². The second-order valence-electron chi connectivity index (χ2n) is 9.96. The monoisotopic (exact) mass is 552 g/mol. The summed E-state index contributed by atoms with van der Waals surface area (Å²) in [6, 6.07) is 20.7. The minimum Gasteiger partial charge on any atom is -0.493 e. The highest BCUT2D eigenvalue weighted by Gasteiger charge is 2.31. The van der Waals surface area contributed by atoms with Crippen LogP contribution in [0.15, 0.2) is 78.2 Å². The maximum atomic E-state index is 12.5. The van der Waals surface area contributed by atoms with Gasteiger partial charge in [-0.05, 0) is 48.7 Å². The number of nitrogens with zero attached hydrogens (tertiary/aromatic N) is 1. The molecular weight excluding hydrogens is 516 g/mol. The Kier molecular flexibility index (Phi) is 10.1. The highest BCUT2D eigenvalue weighted by atomic mass is 16.5. The smallest absolute Gasteiger partial charge is 0.336 e. The van der Waals surface area contributed by atoms with E-state index in [9.17, 15) is 10.1 Å². The number of rotatable bonds is 12. The molecule has 41 heavy (non-hydrogen) atoms. The minimum atomic E-state index is -0.523. The number of unbranched alkanes of at least 4 members (excludes halogenated alkanes) is 4. The van der Waals surface area contributed by atoms with E-state index in [-0.39, 0.29) is 11.5 Å². The number of esters is 1. The molecule has 0 saturated carbocycles. The fourth-order valence-corrected chi connectivity index (χ4v) is 4.70. The van der Waals surface area contributed by atoms with Gasteiger partial charge in [0.15, 0.2) is 11.5 Å². The predicted molar refractivity (Wildman–Crippen MR) is 159 cm³/mol. The fraction of sp³-hybridized carbons (Fsp3) is 0.294. The normalized spacial score (nSPS) is 14.2. The van der Waals surface area contributed by atoms with Crippen molar-refractivity contribution in [3.05, 3.63) is 100 Å². The van der Waals surface area contributed by atoms with Crippen molar-refractivity contribution in [2.45, 2.75) is 51.9 Å². The van der Waals surface area contributed by atoms with E-state index in [4.69, 9.17) is 24.7 Å². The van der Waals surface area contributed by atoms with Crippen molar-refractivity contribution in [1.82, 2.24) is 0 Å². The molecule has 1 heterocycles. The van der Waals surface area contributed by atoms with Crippen LogP contribution >= 0.6 is 0 Å². The van der Waals surface area contributed by atoms with Gasteiger partial charge in [0.1, 0.15) is 23.1 Å². The molecule has 0 amide bonds. The SMILES string of the molecule is CCCCCCCOc1ccc(C2C(C#N)=C(N)Oc3cc(OC(=O)/C=C/c4ccc(C)cc4)ccc32)cc1OC. The van der Waals surface area contributed by atoms with Gasteiger partial charge in [-0.3, -0.25) is 0 Å². The highest BCUT2D eigenvalue weighted by molar-refractivity contribution is 5.88. The summed E-state index contributed by atoms with van der Waals surface area (Å²) in [5.41, 5.74) is 10.0. The number of hydrogen-bond donors (Lipinski definition) is 1. The quantitative estimate of drug-likeness (QED) is 0.110. The molecule has 1 aliphatic heterocycles. The molecular formula is C34H36N2O5. The van der Waals surface area contributed by atoms with Gasteiger partial charge in [-0.2, -0.15) is 5.26 Å². The Balaban J connectivity index is 1.52. The van der Waals surface area contributed by atoms with E-state index in [0.717, 1.165) is 35.1 Å². The van der Waals surface area contributed by atoms with Crippen LogP contribution in [-0.2, 0) is 4.79 Å². The zero-order valence-electron chi connectivity index (χ0n) is 23.8. The number of allylic oxidation sites excluding steroid dienone is 1. The van der Waals surface area contributed by atoms with E-state index in [1.54, 1.807) is 31.4 Å². The summed E-state index contributed by atoms with van der Waals surface area (Å²) < 4.78 is 22.9. The maximum Gasteiger partial charge on any atom is 0.336 e. The second kappa shape index (κ2) is 14.1. The number of carbonyl (C=O) groups excluding carboxylic acids is 1. The topological polar surface area (TPSA) is 104 Å². The van der Waals surface area contributed by atoms with Crippen LogP contribution in [0.2, 0.25) is 0 Å². The highest BCUT2D eigenvalue weighted by Crippen LogP contribution is 2.45. The van der Waals surface area contributed by atoms with Gasteiger partial charge in [0.2, 0.25) is 5.88 Å². The van der Waals surface area contributed by atoms with Crippen molar-refractivity contribution >= 4 is 12.0 Å². The average molecular weight is 553 g/mol. The first-order chi connectivity index (χ1) is 19.9. The first-order valence-electron chi connectivity index (χ1n) is 13.9. The Labute approximate surface area is 241 Å². The number of hydrogen-bond acceptors (Lipinski definition) is 7. The van der Waals surface area contributed by atoms with Gasteiger partial charge in [0.25, 0.3) is 0 Å². The van der Waals surface area contributed by atoms with Crippen molar-refractivity contribution in [2.75, 3.05) is 13.7 Å². The van der Waals surface area contributed by atoms with Gasteiger partial charge < -0.3 is 24.7 Å². The summed E-state index contributed by atoms with van der Waals surface area (Å²) in [5, 5.41) is 9.95. The van der Waals surface area contributed by atoms with E-state index < -0.39 is 11.9 Å². The molecule has 0 bridgehead atoms. The standard InChI is InChI=1S/C34H36N2O5/c1-4-5-6-7-8-19-39-29-17-14-25(20-31(29)38-3)33-27-16-15-26(21-30(27)41-34(36)28(33)22-35)40-32(37)18-13-24-11-9-23(2)10-12-24/h9-18,20-21,33H,4-8,19,36H2,1-3H3/b18-13+. The number of methoxy groups -OCH3 is 1. The third kappa shape index (κ3) is 7.49. The largest absolute Gasteiger partial charge is 0.493 e. The molecule has 7 nitrogen and oxygen atoms in total. The number of fused-ring (bicyclic) bond motifs is 1. The van der Waals surface area contributed by atoms with Crippen LogP contribution in [0, 0.1) is 18.3 Å². The number of carbonyl (C=O) groups is 1. The fourth-order valence-electron chi connectivity index (χ4n) is 4.70. The average Bonchev–Trinajstić information content (AvgIpc) is 2.98. The van der Waals surface area contributed by atoms with Gasteiger partial charge in [-0.15, -0.1) is 0 Å². The van der Waals surface area contributed by atoms with Crippen molar-refractivity contribution < 1.29 is 23.7 Å². The molecule has 4 rings (SSSR count).